The fraction of sp³-hybridized carbons (Fsp3) is 0.462. The van der Waals surface area contributed by atoms with Gasteiger partial charge < -0.3 is 5.32 Å². The molecular weight excluding hydrogens is 186 g/mol. The molecule has 1 rings (SSSR count). The fourth-order valence-corrected chi connectivity index (χ4v) is 1.53. The summed E-state index contributed by atoms with van der Waals surface area (Å²) in [5.74, 6) is -0.0574. The van der Waals surface area contributed by atoms with Crippen molar-refractivity contribution in [2.75, 3.05) is 0 Å². The van der Waals surface area contributed by atoms with Gasteiger partial charge in [-0.2, -0.15) is 0 Å². The third-order valence-electron chi connectivity index (χ3n) is 2.57. The van der Waals surface area contributed by atoms with Gasteiger partial charge in [0.2, 0.25) is 5.91 Å². The zero-order valence-corrected chi connectivity index (χ0v) is 9.55. The number of nitrogens with one attached hydrogen (secondary N) is 1. The first-order valence-corrected chi connectivity index (χ1v) is 5.44. The first kappa shape index (κ1) is 11.8. The summed E-state index contributed by atoms with van der Waals surface area (Å²) in [6.45, 7) is 7.51. The number of carbonyl (C=O) groups excluding carboxylic acids is 1. The highest BCUT2D eigenvalue weighted by Gasteiger charge is 2.10. The van der Waals surface area contributed by atoms with Gasteiger partial charge in [0.1, 0.15) is 0 Å². The van der Waals surface area contributed by atoms with E-state index in [1.165, 1.54) is 5.57 Å². The lowest BCUT2D eigenvalue weighted by molar-refractivity contribution is -0.117. The van der Waals surface area contributed by atoms with Gasteiger partial charge in [0.15, 0.2) is 0 Å². The van der Waals surface area contributed by atoms with Crippen LogP contribution in [-0.4, -0.2) is 11.9 Å². The molecule has 0 heterocycles. The quantitative estimate of drug-likeness (QED) is 0.557. The Kier molecular flexibility index (Phi) is 4.35. The minimum atomic E-state index is -0.0574. The van der Waals surface area contributed by atoms with Crippen LogP contribution in [0, 0.1) is 0 Å². The smallest absolute Gasteiger partial charge is 0.246 e. The van der Waals surface area contributed by atoms with Gasteiger partial charge in [-0.25, -0.2) is 0 Å². The second kappa shape index (κ2) is 5.54. The number of rotatable bonds is 3. The summed E-state index contributed by atoms with van der Waals surface area (Å²) in [5, 5.41) is 2.93. The Morgan fingerprint density at radius 3 is 3.00 bits per heavy atom. The highest BCUT2D eigenvalue weighted by molar-refractivity contribution is 5.92. The Bertz CT molecular complexity index is 312. The Balaban J connectivity index is 2.55. The van der Waals surface area contributed by atoms with E-state index in [1.807, 2.05) is 0 Å². The topological polar surface area (TPSA) is 29.1 Å². The van der Waals surface area contributed by atoms with Crippen molar-refractivity contribution in [1.29, 1.82) is 0 Å². The first-order valence-electron chi connectivity index (χ1n) is 5.44. The Morgan fingerprint density at radius 2 is 2.40 bits per heavy atom. The van der Waals surface area contributed by atoms with Gasteiger partial charge in [0.25, 0.3) is 0 Å². The Morgan fingerprint density at radius 1 is 1.67 bits per heavy atom. The van der Waals surface area contributed by atoms with E-state index in [0.29, 0.717) is 5.57 Å². The largest absolute Gasteiger partial charge is 0.346 e. The maximum Gasteiger partial charge on any atom is 0.246 e. The average Bonchev–Trinajstić information content (AvgIpc) is 2.43. The summed E-state index contributed by atoms with van der Waals surface area (Å²) in [6, 6.07) is 0.123. The molecule has 1 amide bonds. The zero-order chi connectivity index (χ0) is 11.3. The van der Waals surface area contributed by atoms with E-state index in [-0.39, 0.29) is 11.9 Å². The van der Waals surface area contributed by atoms with Gasteiger partial charge in [0, 0.05) is 5.57 Å². The van der Waals surface area contributed by atoms with Crippen LogP contribution in [0.1, 0.15) is 33.1 Å². The predicted octanol–water partition coefficient (Wildman–Crippen LogP) is 2.73. The van der Waals surface area contributed by atoms with Crippen molar-refractivity contribution < 1.29 is 4.79 Å². The molecular formula is C13H19NO. The maximum absolute atomic E-state index is 11.4. The molecule has 1 atom stereocenters. The molecule has 82 valence electrons. The van der Waals surface area contributed by atoms with Crippen molar-refractivity contribution in [3.63, 3.8) is 0 Å². The molecule has 1 aliphatic rings. The molecule has 0 bridgehead atoms. The third kappa shape index (κ3) is 3.74. The van der Waals surface area contributed by atoms with Gasteiger partial charge in [-0.3, -0.25) is 4.79 Å². The van der Waals surface area contributed by atoms with Crippen molar-refractivity contribution in [3.05, 3.63) is 36.0 Å². The lowest BCUT2D eigenvalue weighted by Gasteiger charge is -2.12. The molecule has 15 heavy (non-hydrogen) atoms. The molecule has 0 saturated carbocycles. The lowest BCUT2D eigenvalue weighted by atomic mass is 10.1. The second-order valence-corrected chi connectivity index (χ2v) is 3.94. The van der Waals surface area contributed by atoms with Crippen LogP contribution in [0.2, 0.25) is 0 Å². The van der Waals surface area contributed by atoms with Gasteiger partial charge in [-0.1, -0.05) is 37.3 Å². The van der Waals surface area contributed by atoms with Crippen molar-refractivity contribution in [1.82, 2.24) is 5.32 Å². The number of hydrogen-bond acceptors (Lipinski definition) is 1. The zero-order valence-electron chi connectivity index (χ0n) is 9.55. The van der Waals surface area contributed by atoms with Crippen LogP contribution in [0.5, 0.6) is 0 Å². The van der Waals surface area contributed by atoms with E-state index in [9.17, 15) is 4.79 Å². The van der Waals surface area contributed by atoms with Crippen molar-refractivity contribution in [3.8, 4) is 0 Å². The minimum absolute atomic E-state index is 0.0574. The third-order valence-corrected chi connectivity index (χ3v) is 2.57. The molecule has 0 aliphatic heterocycles. The van der Waals surface area contributed by atoms with Crippen LogP contribution in [0.15, 0.2) is 36.0 Å². The summed E-state index contributed by atoms with van der Waals surface area (Å²) in [7, 11) is 0. The Labute approximate surface area is 91.8 Å². The highest BCUT2D eigenvalue weighted by atomic mass is 16.1. The van der Waals surface area contributed by atoms with E-state index in [0.717, 1.165) is 19.3 Å². The van der Waals surface area contributed by atoms with Gasteiger partial charge in [0.05, 0.1) is 6.04 Å². The van der Waals surface area contributed by atoms with E-state index >= 15 is 0 Å². The van der Waals surface area contributed by atoms with Crippen molar-refractivity contribution in [2.45, 2.75) is 39.2 Å². The molecule has 0 radical (unpaired) electrons. The molecule has 0 aromatic carbocycles. The van der Waals surface area contributed by atoms with Crippen LogP contribution in [-0.2, 0) is 4.79 Å². The molecule has 1 aliphatic carbocycles. The number of hydrogen-bond donors (Lipinski definition) is 1. The Hall–Kier alpha value is -1.31. The van der Waals surface area contributed by atoms with Crippen LogP contribution < -0.4 is 5.32 Å². The van der Waals surface area contributed by atoms with Crippen LogP contribution in [0.4, 0.5) is 0 Å². The molecule has 1 N–H and O–H groups in total. The highest BCUT2D eigenvalue weighted by Crippen LogP contribution is 2.14. The van der Waals surface area contributed by atoms with Gasteiger partial charge in [-0.05, 0) is 26.2 Å². The fourth-order valence-electron chi connectivity index (χ4n) is 1.53. The molecule has 0 fully saturated rings. The monoisotopic (exact) mass is 205 g/mol. The number of amides is 1. The lowest BCUT2D eigenvalue weighted by Crippen LogP contribution is -2.33. The van der Waals surface area contributed by atoms with E-state index in [2.05, 4.69) is 37.0 Å². The van der Waals surface area contributed by atoms with E-state index in [4.69, 9.17) is 0 Å². The van der Waals surface area contributed by atoms with Gasteiger partial charge in [-0.15, -0.1) is 0 Å². The molecule has 1 unspecified atom stereocenters. The van der Waals surface area contributed by atoms with Crippen LogP contribution in [0.3, 0.4) is 0 Å². The SMILES string of the molecule is C=C(C)C(=O)NC1C=CCC(CC)=CC1. The maximum atomic E-state index is 11.4. The molecule has 2 heteroatoms. The summed E-state index contributed by atoms with van der Waals surface area (Å²) in [5.41, 5.74) is 2.01. The predicted molar refractivity (Wildman–Crippen MR) is 63.5 cm³/mol. The van der Waals surface area contributed by atoms with Crippen LogP contribution >= 0.6 is 0 Å². The summed E-state index contributed by atoms with van der Waals surface area (Å²) in [6.07, 6.45) is 9.41. The normalized spacial score (nSPS) is 20.4. The molecule has 0 saturated heterocycles. The molecule has 0 aromatic rings. The van der Waals surface area contributed by atoms with Gasteiger partial charge >= 0.3 is 0 Å². The number of allylic oxidation sites excluding steroid dienone is 2. The van der Waals surface area contributed by atoms with Crippen molar-refractivity contribution >= 4 is 5.91 Å². The summed E-state index contributed by atoms with van der Waals surface area (Å²) >= 11 is 0. The average molecular weight is 205 g/mol. The first-order chi connectivity index (χ1) is 7.13. The van der Waals surface area contributed by atoms with Crippen molar-refractivity contribution in [2.24, 2.45) is 0 Å². The number of carbonyl (C=O) groups is 1. The standard InChI is InChI=1S/C13H19NO/c1-4-11-6-5-7-12(9-8-11)14-13(15)10(2)3/h5,7-8,12H,2,4,6,9H2,1,3H3,(H,14,15). The molecule has 2 nitrogen and oxygen atoms in total. The summed E-state index contributed by atoms with van der Waals surface area (Å²) < 4.78 is 0. The molecule has 0 spiro atoms. The van der Waals surface area contributed by atoms with E-state index < -0.39 is 0 Å². The summed E-state index contributed by atoms with van der Waals surface area (Å²) in [4.78, 5) is 11.4. The second-order valence-electron chi connectivity index (χ2n) is 3.94. The molecule has 0 aromatic heterocycles. The van der Waals surface area contributed by atoms with E-state index in [1.54, 1.807) is 6.92 Å². The minimum Gasteiger partial charge on any atom is -0.346 e. The van der Waals surface area contributed by atoms with Crippen LogP contribution in [0.25, 0.3) is 0 Å².